The first-order valence-corrected chi connectivity index (χ1v) is 10.4. The van der Waals surface area contributed by atoms with Crippen LogP contribution in [0.4, 0.5) is 21.6 Å². The topological polar surface area (TPSA) is 76.1 Å². The molecular formula is C24H25FN4O2. The SMILES string of the molecule is COc1cc2ncnc(Nc3ccc(F)c(C)c3)c2cc1NC(=O)/C=C/CC1CCC1. The van der Waals surface area contributed by atoms with Crippen LogP contribution in [0.3, 0.4) is 0 Å². The van der Waals surface area contributed by atoms with Crippen molar-refractivity contribution in [3.8, 4) is 5.75 Å². The number of benzene rings is 2. The lowest BCUT2D eigenvalue weighted by Gasteiger charge is -2.23. The van der Waals surface area contributed by atoms with Gasteiger partial charge in [0, 0.05) is 17.1 Å². The number of ether oxygens (including phenoxy) is 1. The number of carbonyl (C=O) groups is 1. The van der Waals surface area contributed by atoms with Gasteiger partial charge in [-0.15, -0.1) is 0 Å². The molecule has 1 aliphatic carbocycles. The molecule has 0 unspecified atom stereocenters. The van der Waals surface area contributed by atoms with Crippen LogP contribution in [0.25, 0.3) is 10.9 Å². The Morgan fingerprint density at radius 2 is 2.10 bits per heavy atom. The molecule has 2 aromatic carbocycles. The van der Waals surface area contributed by atoms with Crippen LogP contribution in [0, 0.1) is 18.7 Å². The molecule has 1 amide bonds. The van der Waals surface area contributed by atoms with Gasteiger partial charge in [0.15, 0.2) is 0 Å². The summed E-state index contributed by atoms with van der Waals surface area (Å²) >= 11 is 0. The Morgan fingerprint density at radius 1 is 1.26 bits per heavy atom. The first-order chi connectivity index (χ1) is 15.0. The zero-order chi connectivity index (χ0) is 21.8. The number of hydrogen-bond donors (Lipinski definition) is 2. The number of fused-ring (bicyclic) bond motifs is 1. The number of nitrogens with zero attached hydrogens (tertiary/aromatic N) is 2. The third-order valence-corrected chi connectivity index (χ3v) is 5.60. The lowest BCUT2D eigenvalue weighted by atomic mass is 9.83. The number of allylic oxidation sites excluding steroid dienone is 1. The van der Waals surface area contributed by atoms with Crippen molar-refractivity contribution < 1.29 is 13.9 Å². The minimum Gasteiger partial charge on any atom is -0.494 e. The number of carbonyl (C=O) groups excluding carboxylic acids is 1. The van der Waals surface area contributed by atoms with Crippen molar-refractivity contribution in [3.63, 3.8) is 0 Å². The molecule has 0 saturated heterocycles. The van der Waals surface area contributed by atoms with Gasteiger partial charge in [-0.3, -0.25) is 4.79 Å². The lowest BCUT2D eigenvalue weighted by molar-refractivity contribution is -0.111. The zero-order valence-corrected chi connectivity index (χ0v) is 17.6. The third-order valence-electron chi connectivity index (χ3n) is 5.60. The highest BCUT2D eigenvalue weighted by Crippen LogP contribution is 2.33. The summed E-state index contributed by atoms with van der Waals surface area (Å²) in [7, 11) is 1.55. The van der Waals surface area contributed by atoms with Gasteiger partial charge in [0.1, 0.15) is 23.7 Å². The highest BCUT2D eigenvalue weighted by molar-refractivity contribution is 6.03. The molecule has 2 N–H and O–H groups in total. The minimum absolute atomic E-state index is 0.211. The monoisotopic (exact) mass is 420 g/mol. The van der Waals surface area contributed by atoms with Gasteiger partial charge in [0.2, 0.25) is 5.91 Å². The number of aromatic nitrogens is 2. The van der Waals surface area contributed by atoms with Gasteiger partial charge in [-0.1, -0.05) is 25.3 Å². The van der Waals surface area contributed by atoms with E-state index in [9.17, 15) is 9.18 Å². The van der Waals surface area contributed by atoms with Crippen molar-refractivity contribution in [1.29, 1.82) is 0 Å². The van der Waals surface area contributed by atoms with Crippen molar-refractivity contribution in [2.24, 2.45) is 5.92 Å². The highest BCUT2D eigenvalue weighted by atomic mass is 19.1. The zero-order valence-electron chi connectivity index (χ0n) is 17.6. The van der Waals surface area contributed by atoms with Crippen LogP contribution in [0.5, 0.6) is 5.75 Å². The molecule has 0 spiro atoms. The van der Waals surface area contributed by atoms with Crippen molar-refractivity contribution in [3.05, 3.63) is 60.2 Å². The van der Waals surface area contributed by atoms with Gasteiger partial charge in [-0.2, -0.15) is 0 Å². The average Bonchev–Trinajstić information content (AvgIpc) is 2.72. The minimum atomic E-state index is -0.266. The highest BCUT2D eigenvalue weighted by Gasteiger charge is 2.16. The van der Waals surface area contributed by atoms with Gasteiger partial charge < -0.3 is 15.4 Å². The first kappa shape index (κ1) is 20.8. The predicted octanol–water partition coefficient (Wildman–Crippen LogP) is 5.51. The van der Waals surface area contributed by atoms with Gasteiger partial charge in [0.25, 0.3) is 0 Å². The fourth-order valence-electron chi connectivity index (χ4n) is 3.58. The van der Waals surface area contributed by atoms with Crippen LogP contribution in [-0.4, -0.2) is 23.0 Å². The third kappa shape index (κ3) is 4.82. The smallest absolute Gasteiger partial charge is 0.248 e. The fourth-order valence-corrected chi connectivity index (χ4v) is 3.58. The quantitative estimate of drug-likeness (QED) is 0.493. The second-order valence-electron chi connectivity index (χ2n) is 7.81. The number of anilines is 3. The van der Waals surface area contributed by atoms with Crippen LogP contribution in [0.15, 0.2) is 48.8 Å². The van der Waals surface area contributed by atoms with Crippen LogP contribution in [0.2, 0.25) is 0 Å². The van der Waals surface area contributed by atoms with Crippen LogP contribution in [-0.2, 0) is 4.79 Å². The molecule has 1 aromatic heterocycles. The van der Waals surface area contributed by atoms with E-state index in [1.165, 1.54) is 31.7 Å². The summed E-state index contributed by atoms with van der Waals surface area (Å²) in [6.45, 7) is 1.70. The summed E-state index contributed by atoms with van der Waals surface area (Å²) in [5, 5.41) is 6.80. The van der Waals surface area contributed by atoms with Crippen LogP contribution in [0.1, 0.15) is 31.2 Å². The van der Waals surface area contributed by atoms with Gasteiger partial charge in [-0.25, -0.2) is 14.4 Å². The molecule has 160 valence electrons. The predicted molar refractivity (Wildman–Crippen MR) is 120 cm³/mol. The maximum absolute atomic E-state index is 13.6. The Labute approximate surface area is 180 Å². The molecule has 0 aliphatic heterocycles. The Bertz CT molecular complexity index is 1140. The molecular weight excluding hydrogens is 395 g/mol. The maximum atomic E-state index is 13.6. The normalized spacial score (nSPS) is 13.9. The molecule has 6 nitrogen and oxygen atoms in total. The van der Waals surface area contributed by atoms with E-state index in [-0.39, 0.29) is 11.7 Å². The molecule has 1 saturated carbocycles. The Morgan fingerprint density at radius 3 is 2.81 bits per heavy atom. The van der Waals surface area contributed by atoms with Crippen molar-refractivity contribution in [2.75, 3.05) is 17.7 Å². The number of rotatable bonds is 7. The Hall–Kier alpha value is -3.48. The molecule has 1 heterocycles. The lowest BCUT2D eigenvalue weighted by Crippen LogP contribution is -2.11. The van der Waals surface area contributed by atoms with Crippen molar-refractivity contribution >= 4 is 34.0 Å². The Balaban J connectivity index is 1.60. The van der Waals surface area contributed by atoms with E-state index in [4.69, 9.17) is 4.74 Å². The summed E-state index contributed by atoms with van der Waals surface area (Å²) in [4.78, 5) is 21.1. The second-order valence-corrected chi connectivity index (χ2v) is 7.81. The van der Waals surface area contributed by atoms with Gasteiger partial charge >= 0.3 is 0 Å². The fraction of sp³-hybridized carbons (Fsp3) is 0.292. The number of halogens is 1. The van der Waals surface area contributed by atoms with Gasteiger partial charge in [0.05, 0.1) is 18.3 Å². The molecule has 0 atom stereocenters. The molecule has 3 aromatic rings. The largest absolute Gasteiger partial charge is 0.494 e. The molecule has 7 heteroatoms. The standard InChI is InChI=1S/C24H25FN4O2/c1-15-11-17(9-10-19(15)25)28-24-18-12-21(22(31-2)13-20(18)26-14-27-24)29-23(30)8-4-7-16-5-3-6-16/h4,8-14,16H,3,5-7H2,1-2H3,(H,29,30)(H,26,27,28)/b8-4+. The number of nitrogens with one attached hydrogen (secondary N) is 2. The molecule has 0 bridgehead atoms. The summed E-state index contributed by atoms with van der Waals surface area (Å²) in [6, 6.07) is 8.31. The van der Waals surface area contributed by atoms with E-state index >= 15 is 0 Å². The molecule has 1 aliphatic rings. The number of methoxy groups -OCH3 is 1. The average molecular weight is 420 g/mol. The summed E-state index contributed by atoms with van der Waals surface area (Å²) in [5.74, 6) is 1.29. The van der Waals surface area contributed by atoms with E-state index < -0.39 is 0 Å². The summed E-state index contributed by atoms with van der Waals surface area (Å²) < 4.78 is 19.0. The van der Waals surface area contributed by atoms with E-state index in [0.29, 0.717) is 45.3 Å². The van der Waals surface area contributed by atoms with Crippen molar-refractivity contribution in [1.82, 2.24) is 9.97 Å². The van der Waals surface area contributed by atoms with E-state index in [1.54, 1.807) is 44.4 Å². The second kappa shape index (κ2) is 9.12. The number of amides is 1. The molecule has 1 fully saturated rings. The Kier molecular flexibility index (Phi) is 6.11. The summed E-state index contributed by atoms with van der Waals surface area (Å²) in [6.07, 6.45) is 9.66. The molecule has 0 radical (unpaired) electrons. The number of hydrogen-bond acceptors (Lipinski definition) is 5. The maximum Gasteiger partial charge on any atom is 0.248 e. The van der Waals surface area contributed by atoms with Crippen molar-refractivity contribution in [2.45, 2.75) is 32.6 Å². The molecule has 31 heavy (non-hydrogen) atoms. The van der Waals surface area contributed by atoms with E-state index in [0.717, 1.165) is 6.42 Å². The van der Waals surface area contributed by atoms with Gasteiger partial charge in [-0.05, 0) is 55.2 Å². The van der Waals surface area contributed by atoms with Crippen LogP contribution >= 0.6 is 0 Å². The molecule has 4 rings (SSSR count). The summed E-state index contributed by atoms with van der Waals surface area (Å²) in [5.41, 5.74) is 2.43. The van der Waals surface area contributed by atoms with E-state index in [1.807, 2.05) is 6.08 Å². The van der Waals surface area contributed by atoms with E-state index in [2.05, 4.69) is 20.6 Å². The number of aryl methyl sites for hydroxylation is 1. The first-order valence-electron chi connectivity index (χ1n) is 10.4. The van der Waals surface area contributed by atoms with Crippen LogP contribution < -0.4 is 15.4 Å².